The molecule has 1 saturated heterocycles. The smallest absolute Gasteiger partial charge is 0.255 e. The number of piperidine rings is 1. The fraction of sp³-hybridized carbons (Fsp3) is 0.500. The van der Waals surface area contributed by atoms with E-state index in [0.717, 1.165) is 12.8 Å². The lowest BCUT2D eigenvalue weighted by atomic mass is 10.1. The van der Waals surface area contributed by atoms with Gasteiger partial charge in [0, 0.05) is 19.1 Å². The lowest BCUT2D eigenvalue weighted by Gasteiger charge is -2.31. The third kappa shape index (κ3) is 3.56. The monoisotopic (exact) mass is 330 g/mol. The van der Waals surface area contributed by atoms with E-state index in [-0.39, 0.29) is 33.2 Å². The zero-order chi connectivity index (χ0) is 15.6. The van der Waals surface area contributed by atoms with Crippen molar-refractivity contribution in [1.82, 2.24) is 4.90 Å². The maximum Gasteiger partial charge on any atom is 0.255 e. The van der Waals surface area contributed by atoms with Gasteiger partial charge in [0.2, 0.25) is 0 Å². The minimum Gasteiger partial charge on any atom is -0.337 e. The molecule has 0 aromatic heterocycles. The van der Waals surface area contributed by atoms with Crippen LogP contribution < -0.4 is 5.73 Å². The van der Waals surface area contributed by atoms with Gasteiger partial charge in [0.25, 0.3) is 5.91 Å². The quantitative estimate of drug-likeness (QED) is 0.914. The van der Waals surface area contributed by atoms with Crippen molar-refractivity contribution >= 4 is 27.3 Å². The van der Waals surface area contributed by atoms with E-state index in [4.69, 9.17) is 17.3 Å². The first kappa shape index (κ1) is 16.3. The van der Waals surface area contributed by atoms with E-state index in [9.17, 15) is 13.2 Å². The van der Waals surface area contributed by atoms with Crippen LogP contribution in [0.15, 0.2) is 23.1 Å². The van der Waals surface area contributed by atoms with Gasteiger partial charge < -0.3 is 10.6 Å². The summed E-state index contributed by atoms with van der Waals surface area (Å²) >= 11 is 6.07. The number of hydrogen-bond donors (Lipinski definition) is 1. The fourth-order valence-corrected chi connectivity index (χ4v) is 3.50. The van der Waals surface area contributed by atoms with Crippen LogP contribution in [-0.2, 0) is 9.84 Å². The lowest BCUT2D eigenvalue weighted by Crippen LogP contribution is -2.45. The van der Waals surface area contributed by atoms with Crippen molar-refractivity contribution in [3.05, 3.63) is 28.8 Å². The summed E-state index contributed by atoms with van der Waals surface area (Å²) < 4.78 is 23.9. The highest BCUT2D eigenvalue weighted by molar-refractivity contribution is 7.91. The molecule has 0 spiro atoms. The number of halogens is 1. The van der Waals surface area contributed by atoms with Crippen LogP contribution in [0.4, 0.5) is 0 Å². The zero-order valence-electron chi connectivity index (χ0n) is 11.9. The largest absolute Gasteiger partial charge is 0.337 e. The Morgan fingerprint density at radius 2 is 2.19 bits per heavy atom. The highest BCUT2D eigenvalue weighted by Gasteiger charge is 2.25. The molecule has 1 fully saturated rings. The number of hydrogen-bond acceptors (Lipinski definition) is 4. The third-order valence-electron chi connectivity index (χ3n) is 3.65. The molecule has 1 aromatic rings. The molecule has 7 heteroatoms. The van der Waals surface area contributed by atoms with Crippen molar-refractivity contribution in [3.63, 3.8) is 0 Å². The zero-order valence-corrected chi connectivity index (χ0v) is 13.5. The molecule has 116 valence electrons. The summed E-state index contributed by atoms with van der Waals surface area (Å²) in [7, 11) is -3.37. The molecule has 1 heterocycles. The maximum absolute atomic E-state index is 12.5. The van der Waals surface area contributed by atoms with Crippen molar-refractivity contribution in [1.29, 1.82) is 0 Å². The molecule has 0 saturated carbocycles. The fourth-order valence-electron chi connectivity index (χ4n) is 2.39. The van der Waals surface area contributed by atoms with E-state index in [0.29, 0.717) is 13.1 Å². The number of rotatable bonds is 3. The van der Waals surface area contributed by atoms with E-state index in [2.05, 4.69) is 0 Å². The van der Waals surface area contributed by atoms with Gasteiger partial charge in [-0.3, -0.25) is 4.79 Å². The average molecular weight is 331 g/mol. The van der Waals surface area contributed by atoms with E-state index in [1.165, 1.54) is 18.2 Å². The Morgan fingerprint density at radius 3 is 2.81 bits per heavy atom. The SMILES string of the molecule is CCS(=O)(=O)c1ccc(Cl)c(C(=O)N2CCCC(N)C2)c1. The molecule has 0 aliphatic carbocycles. The Morgan fingerprint density at radius 1 is 1.48 bits per heavy atom. The summed E-state index contributed by atoms with van der Waals surface area (Å²) in [4.78, 5) is 14.3. The van der Waals surface area contributed by atoms with Crippen LogP contribution in [0.3, 0.4) is 0 Å². The molecule has 5 nitrogen and oxygen atoms in total. The molecule has 0 bridgehead atoms. The minimum absolute atomic E-state index is 0.0170. The number of sulfone groups is 1. The van der Waals surface area contributed by atoms with Gasteiger partial charge >= 0.3 is 0 Å². The van der Waals surface area contributed by atoms with Gasteiger partial charge in [-0.25, -0.2) is 8.42 Å². The predicted octanol–water partition coefficient (Wildman–Crippen LogP) is 1.70. The summed E-state index contributed by atoms with van der Waals surface area (Å²) in [6.45, 7) is 2.66. The molecular weight excluding hydrogens is 312 g/mol. The number of carbonyl (C=O) groups excluding carboxylic acids is 1. The minimum atomic E-state index is -3.37. The second-order valence-corrected chi connectivity index (χ2v) is 7.88. The normalized spacial score (nSPS) is 19.6. The highest BCUT2D eigenvalue weighted by atomic mass is 35.5. The van der Waals surface area contributed by atoms with Gasteiger partial charge in [-0.15, -0.1) is 0 Å². The van der Waals surface area contributed by atoms with Crippen molar-refractivity contribution < 1.29 is 13.2 Å². The molecule has 2 N–H and O–H groups in total. The molecule has 1 atom stereocenters. The molecule has 21 heavy (non-hydrogen) atoms. The number of nitrogens with zero attached hydrogens (tertiary/aromatic N) is 1. The topological polar surface area (TPSA) is 80.5 Å². The first-order chi connectivity index (χ1) is 9.85. The van der Waals surface area contributed by atoms with E-state index >= 15 is 0 Å². The van der Waals surface area contributed by atoms with Gasteiger partial charge in [0.05, 0.1) is 21.2 Å². The standard InChI is InChI=1S/C14H19ClN2O3S/c1-2-21(19,20)11-5-6-13(15)12(8-11)14(18)17-7-3-4-10(16)9-17/h5-6,8,10H,2-4,7,9,16H2,1H3. The third-order valence-corrected chi connectivity index (χ3v) is 5.71. The Hall–Kier alpha value is -1.11. The van der Waals surface area contributed by atoms with Crippen molar-refractivity contribution in [2.75, 3.05) is 18.8 Å². The predicted molar refractivity (Wildman–Crippen MR) is 82.3 cm³/mol. The Labute approximate surface area is 130 Å². The van der Waals surface area contributed by atoms with Gasteiger partial charge in [-0.05, 0) is 31.0 Å². The van der Waals surface area contributed by atoms with Crippen LogP contribution in [0.25, 0.3) is 0 Å². The van der Waals surface area contributed by atoms with Crippen molar-refractivity contribution in [2.45, 2.75) is 30.7 Å². The number of carbonyl (C=O) groups is 1. The Kier molecular flexibility index (Phi) is 4.91. The van der Waals surface area contributed by atoms with Crippen LogP contribution in [0.2, 0.25) is 5.02 Å². The summed E-state index contributed by atoms with van der Waals surface area (Å²) in [5.74, 6) is -0.278. The molecule has 1 amide bonds. The van der Waals surface area contributed by atoms with Crippen LogP contribution in [0, 0.1) is 0 Å². The molecule has 1 aromatic carbocycles. The van der Waals surface area contributed by atoms with Gasteiger partial charge in [-0.1, -0.05) is 18.5 Å². The summed E-state index contributed by atoms with van der Waals surface area (Å²) in [5, 5.41) is 0.259. The maximum atomic E-state index is 12.5. The highest BCUT2D eigenvalue weighted by Crippen LogP contribution is 2.24. The number of benzene rings is 1. The lowest BCUT2D eigenvalue weighted by molar-refractivity contribution is 0.0708. The van der Waals surface area contributed by atoms with E-state index in [1.807, 2.05) is 0 Å². The van der Waals surface area contributed by atoms with Crippen LogP contribution >= 0.6 is 11.6 Å². The summed E-state index contributed by atoms with van der Waals surface area (Å²) in [6, 6.07) is 4.22. The number of amides is 1. The van der Waals surface area contributed by atoms with Crippen LogP contribution in [-0.4, -0.2) is 44.1 Å². The molecule has 1 aliphatic rings. The first-order valence-corrected chi connectivity index (χ1v) is 8.95. The van der Waals surface area contributed by atoms with Gasteiger partial charge in [0.1, 0.15) is 0 Å². The number of likely N-dealkylation sites (tertiary alicyclic amines) is 1. The van der Waals surface area contributed by atoms with Gasteiger partial charge in [-0.2, -0.15) is 0 Å². The van der Waals surface area contributed by atoms with Gasteiger partial charge in [0.15, 0.2) is 9.84 Å². The second kappa shape index (κ2) is 6.34. The van der Waals surface area contributed by atoms with Crippen LogP contribution in [0.5, 0.6) is 0 Å². The molecule has 2 rings (SSSR count). The van der Waals surface area contributed by atoms with E-state index in [1.54, 1.807) is 11.8 Å². The average Bonchev–Trinajstić information content (AvgIpc) is 2.47. The number of nitrogens with two attached hydrogens (primary N) is 1. The summed E-state index contributed by atoms with van der Waals surface area (Å²) in [5.41, 5.74) is 6.10. The molecule has 1 unspecified atom stereocenters. The van der Waals surface area contributed by atoms with E-state index < -0.39 is 9.84 Å². The molecular formula is C14H19ClN2O3S. The Bertz CT molecular complexity index is 646. The summed E-state index contributed by atoms with van der Waals surface area (Å²) in [6.07, 6.45) is 1.74. The second-order valence-electron chi connectivity index (χ2n) is 5.20. The first-order valence-electron chi connectivity index (χ1n) is 6.92. The van der Waals surface area contributed by atoms with Crippen molar-refractivity contribution in [3.8, 4) is 0 Å². The molecule has 0 radical (unpaired) electrons. The Balaban J connectivity index is 2.34. The molecule has 1 aliphatic heterocycles. The van der Waals surface area contributed by atoms with Crippen molar-refractivity contribution in [2.24, 2.45) is 5.73 Å². The van der Waals surface area contributed by atoms with Crippen LogP contribution in [0.1, 0.15) is 30.1 Å².